The summed E-state index contributed by atoms with van der Waals surface area (Å²) >= 11 is 1.27. The van der Waals surface area contributed by atoms with Crippen LogP contribution in [0.1, 0.15) is 0 Å². The van der Waals surface area contributed by atoms with Crippen molar-refractivity contribution in [2.45, 2.75) is 0 Å². The summed E-state index contributed by atoms with van der Waals surface area (Å²) < 4.78 is 1.76. The molecule has 0 bridgehead atoms. The van der Waals surface area contributed by atoms with E-state index in [0.29, 0.717) is 5.84 Å². The van der Waals surface area contributed by atoms with Crippen LogP contribution in [0.2, 0.25) is 0 Å². The van der Waals surface area contributed by atoms with Gasteiger partial charge in [0.2, 0.25) is 5.88 Å². The van der Waals surface area contributed by atoms with E-state index >= 15 is 0 Å². The first-order valence-corrected chi connectivity index (χ1v) is 4.52. The Hall–Kier alpha value is -1.36. The molecule has 1 aliphatic heterocycles. The van der Waals surface area contributed by atoms with Gasteiger partial charge >= 0.3 is 5.84 Å². The van der Waals surface area contributed by atoms with Crippen molar-refractivity contribution in [1.29, 1.82) is 0 Å². The zero-order valence-corrected chi connectivity index (χ0v) is 8.03. The van der Waals surface area contributed by atoms with E-state index in [1.54, 1.807) is 22.5 Å². The fraction of sp³-hybridized carbons (Fsp3) is 0.125. The molecular weight excluding hydrogens is 186 g/mol. The third kappa shape index (κ3) is 3.25. The second kappa shape index (κ2) is 4.61. The number of amidine groups is 1. The average molecular weight is 196 g/mol. The highest BCUT2D eigenvalue weighted by Crippen LogP contribution is 2.06. The molecule has 0 amide bonds. The quantitative estimate of drug-likeness (QED) is 0.547. The second-order valence-electron chi connectivity index (χ2n) is 2.29. The summed E-state index contributed by atoms with van der Waals surface area (Å²) in [6, 6.07) is 0. The Morgan fingerprint density at radius 2 is 2.62 bits per heavy atom. The zero-order valence-electron chi connectivity index (χ0n) is 7.21. The Kier molecular flexibility index (Phi) is 3.45. The fourth-order valence-corrected chi connectivity index (χ4v) is 0.980. The summed E-state index contributed by atoms with van der Waals surface area (Å²) in [5, 5.41) is 12.3. The van der Waals surface area contributed by atoms with Gasteiger partial charge in [0, 0.05) is 5.41 Å². The van der Waals surface area contributed by atoms with Gasteiger partial charge in [0.05, 0.1) is 7.05 Å². The number of hydrogen-bond acceptors (Lipinski definition) is 3. The lowest BCUT2D eigenvalue weighted by molar-refractivity contribution is -0.350. The van der Waals surface area contributed by atoms with Crippen molar-refractivity contribution in [3.63, 3.8) is 0 Å². The molecule has 68 valence electrons. The lowest BCUT2D eigenvalue weighted by Gasteiger charge is -1.86. The van der Waals surface area contributed by atoms with E-state index in [2.05, 4.69) is 16.6 Å². The summed E-state index contributed by atoms with van der Waals surface area (Å²) in [5.41, 5.74) is 0. The molecular formula is C8H10N3OS+. The van der Waals surface area contributed by atoms with Gasteiger partial charge in [0.15, 0.2) is 6.21 Å². The first-order valence-electron chi connectivity index (χ1n) is 3.57. The monoisotopic (exact) mass is 196 g/mol. The first-order chi connectivity index (χ1) is 6.22. The molecule has 1 heterocycles. The highest BCUT2D eigenvalue weighted by molar-refractivity contribution is 8.04. The van der Waals surface area contributed by atoms with Crippen LogP contribution in [0.5, 0.6) is 0 Å². The van der Waals surface area contributed by atoms with E-state index in [0.717, 1.165) is 0 Å². The molecule has 1 rings (SSSR count). The van der Waals surface area contributed by atoms with E-state index in [-0.39, 0.29) is 5.88 Å². The summed E-state index contributed by atoms with van der Waals surface area (Å²) in [6.07, 6.45) is 3.33. The van der Waals surface area contributed by atoms with Crippen LogP contribution in [0.15, 0.2) is 33.3 Å². The van der Waals surface area contributed by atoms with Gasteiger partial charge in [-0.3, -0.25) is 0 Å². The molecule has 0 radical (unpaired) electrons. The van der Waals surface area contributed by atoms with Crippen LogP contribution in [0.25, 0.3) is 0 Å². The summed E-state index contributed by atoms with van der Waals surface area (Å²) in [7, 11) is 1.84. The molecule has 0 aliphatic carbocycles. The molecule has 4 nitrogen and oxygen atoms in total. The normalized spacial score (nSPS) is 19.3. The van der Waals surface area contributed by atoms with Crippen LogP contribution in [0.3, 0.4) is 0 Å². The minimum atomic E-state index is -0.0661. The van der Waals surface area contributed by atoms with E-state index < -0.39 is 0 Å². The van der Waals surface area contributed by atoms with Gasteiger partial charge in [0.25, 0.3) is 6.34 Å². The van der Waals surface area contributed by atoms with Gasteiger partial charge in [-0.1, -0.05) is 6.58 Å². The molecule has 0 saturated carbocycles. The highest BCUT2D eigenvalue weighted by Gasteiger charge is 2.10. The number of hydrogen-bond donors (Lipinski definition) is 1. The largest absolute Gasteiger partial charge is 0.493 e. The number of thioether (sulfide) groups is 1. The number of aliphatic imine (C=N–C) groups is 2. The van der Waals surface area contributed by atoms with Crippen molar-refractivity contribution < 1.29 is 9.68 Å². The molecule has 1 N–H and O–H groups in total. The van der Waals surface area contributed by atoms with Gasteiger partial charge in [-0.2, -0.15) is 4.99 Å². The number of rotatable bonds is 3. The van der Waals surface area contributed by atoms with Crippen molar-refractivity contribution in [3.8, 4) is 0 Å². The topological polar surface area (TPSA) is 48.0 Å². The molecule has 5 heteroatoms. The zero-order chi connectivity index (χ0) is 9.68. The van der Waals surface area contributed by atoms with Crippen LogP contribution in [-0.4, -0.2) is 35.1 Å². The maximum Gasteiger partial charge on any atom is 0.308 e. The molecule has 0 atom stereocenters. The maximum atomic E-state index is 9.22. The number of nitrogens with zero attached hydrogens (tertiary/aromatic N) is 3. The Morgan fingerprint density at radius 3 is 3.15 bits per heavy atom. The first kappa shape index (κ1) is 9.73. The van der Waals surface area contributed by atoms with E-state index in [1.165, 1.54) is 17.2 Å². The Balaban J connectivity index is 2.67. The van der Waals surface area contributed by atoms with E-state index in [4.69, 9.17) is 0 Å². The molecule has 13 heavy (non-hydrogen) atoms. The van der Waals surface area contributed by atoms with Crippen molar-refractivity contribution in [2.24, 2.45) is 9.98 Å². The van der Waals surface area contributed by atoms with Gasteiger partial charge < -0.3 is 5.11 Å². The van der Waals surface area contributed by atoms with Crippen LogP contribution < -0.4 is 0 Å². The lowest BCUT2D eigenvalue weighted by Crippen LogP contribution is -2.00. The predicted molar refractivity (Wildman–Crippen MR) is 56.7 cm³/mol. The third-order valence-corrected chi connectivity index (χ3v) is 1.73. The molecule has 0 fully saturated rings. The minimum Gasteiger partial charge on any atom is -0.493 e. The number of aliphatic hydroxyl groups excluding tert-OH is 1. The van der Waals surface area contributed by atoms with Gasteiger partial charge in [-0.05, 0) is 10.4 Å². The molecule has 0 aromatic rings. The van der Waals surface area contributed by atoms with Crippen LogP contribution >= 0.6 is 11.8 Å². The van der Waals surface area contributed by atoms with Crippen molar-refractivity contribution in [3.05, 3.63) is 23.3 Å². The minimum absolute atomic E-state index is 0.0661. The molecule has 0 aromatic heterocycles. The SMILES string of the molecule is C=CS/C=C(O)/N=C1/C=[N+](C)C=N1. The van der Waals surface area contributed by atoms with E-state index in [1.807, 2.05) is 7.05 Å². The number of aliphatic hydroxyl groups is 1. The van der Waals surface area contributed by atoms with Gasteiger partial charge in [0.1, 0.15) is 0 Å². The molecule has 1 aliphatic rings. The molecule has 0 aromatic carbocycles. The van der Waals surface area contributed by atoms with Crippen LogP contribution in [0, 0.1) is 0 Å². The third-order valence-electron chi connectivity index (χ3n) is 1.19. The predicted octanol–water partition coefficient (Wildman–Crippen LogP) is 1.37. The molecule has 0 saturated heterocycles. The van der Waals surface area contributed by atoms with Gasteiger partial charge in [-0.15, -0.1) is 11.8 Å². The van der Waals surface area contributed by atoms with E-state index in [9.17, 15) is 5.11 Å². The van der Waals surface area contributed by atoms with Crippen LogP contribution in [0.4, 0.5) is 0 Å². The Labute approximate surface area is 80.7 Å². The lowest BCUT2D eigenvalue weighted by atomic mass is 10.6. The Morgan fingerprint density at radius 1 is 1.85 bits per heavy atom. The van der Waals surface area contributed by atoms with Gasteiger partial charge in [-0.25, -0.2) is 4.58 Å². The van der Waals surface area contributed by atoms with Crippen molar-refractivity contribution in [2.75, 3.05) is 7.05 Å². The Bertz CT molecular complexity index is 328. The average Bonchev–Trinajstić information content (AvgIpc) is 2.48. The van der Waals surface area contributed by atoms with Crippen molar-refractivity contribution in [1.82, 2.24) is 0 Å². The van der Waals surface area contributed by atoms with Crippen LogP contribution in [-0.2, 0) is 0 Å². The summed E-state index contributed by atoms with van der Waals surface area (Å²) in [4.78, 5) is 7.76. The molecule has 0 spiro atoms. The second-order valence-corrected chi connectivity index (χ2v) is 3.13. The highest BCUT2D eigenvalue weighted by atomic mass is 32.2. The summed E-state index contributed by atoms with van der Waals surface area (Å²) in [5.74, 6) is 0.421. The standard InChI is InChI=1S/C8H9N3OS/c1-3-13-5-8(12)10-7-4-11(2)6-9-7/h3-6H,1H2,2H3/p+1/b8-5-,10-7-. The fourth-order valence-electron chi connectivity index (χ4n) is 0.709. The smallest absolute Gasteiger partial charge is 0.308 e. The molecule has 0 unspecified atom stereocenters. The summed E-state index contributed by atoms with van der Waals surface area (Å²) in [6.45, 7) is 3.49. The van der Waals surface area contributed by atoms with Crippen molar-refractivity contribution >= 4 is 30.2 Å². The maximum absolute atomic E-state index is 9.22.